The predicted octanol–water partition coefficient (Wildman–Crippen LogP) is 2.42. The van der Waals surface area contributed by atoms with Crippen LogP contribution in [0.5, 0.6) is 0 Å². The van der Waals surface area contributed by atoms with E-state index in [1.807, 2.05) is 6.92 Å². The molecule has 0 N–H and O–H groups in total. The van der Waals surface area contributed by atoms with Crippen molar-refractivity contribution in [3.05, 3.63) is 40.5 Å². The Morgan fingerprint density at radius 1 is 1.00 bits per heavy atom. The van der Waals surface area contributed by atoms with Crippen LogP contribution in [0.2, 0.25) is 0 Å². The maximum absolute atomic E-state index is 9.62. The highest BCUT2D eigenvalue weighted by atomic mass is 15.3. The lowest BCUT2D eigenvalue weighted by atomic mass is 10.0. The summed E-state index contributed by atoms with van der Waals surface area (Å²) in [5, 5.41) is 9.62. The number of nitriles is 1. The molecule has 0 bridgehead atoms. The van der Waals surface area contributed by atoms with Crippen molar-refractivity contribution in [1.29, 1.82) is 5.26 Å². The lowest BCUT2D eigenvalue weighted by Gasteiger charge is -2.25. The highest BCUT2D eigenvalue weighted by molar-refractivity contribution is 5.58. The van der Waals surface area contributed by atoms with E-state index in [2.05, 4.69) is 38.8 Å². The fraction of sp³-hybridized carbons (Fsp3) is 0.524. The van der Waals surface area contributed by atoms with Crippen LogP contribution in [0.3, 0.4) is 0 Å². The van der Waals surface area contributed by atoms with E-state index in [0.717, 1.165) is 68.3 Å². The van der Waals surface area contributed by atoms with Gasteiger partial charge in [-0.15, -0.1) is 0 Å². The van der Waals surface area contributed by atoms with Gasteiger partial charge in [-0.2, -0.15) is 5.26 Å². The number of rotatable bonds is 2. The Hall–Kier alpha value is -2.68. The summed E-state index contributed by atoms with van der Waals surface area (Å²) in [5.74, 6) is 3.19. The molecule has 138 valence electrons. The largest absolute Gasteiger partial charge is 0.356 e. The Morgan fingerprint density at radius 2 is 1.70 bits per heavy atom. The van der Waals surface area contributed by atoms with Gasteiger partial charge in [-0.1, -0.05) is 0 Å². The smallest absolute Gasteiger partial charge is 0.146 e. The first-order chi connectivity index (χ1) is 13.1. The zero-order valence-electron chi connectivity index (χ0n) is 15.9. The topological polar surface area (TPSA) is 68.9 Å². The van der Waals surface area contributed by atoms with E-state index in [1.54, 1.807) is 6.33 Å². The summed E-state index contributed by atoms with van der Waals surface area (Å²) in [6.07, 6.45) is 4.95. The molecular weight excluding hydrogens is 336 g/mol. The van der Waals surface area contributed by atoms with Crippen molar-refractivity contribution in [3.8, 4) is 6.07 Å². The molecule has 2 aromatic heterocycles. The van der Waals surface area contributed by atoms with Gasteiger partial charge in [0.2, 0.25) is 0 Å². The lowest BCUT2D eigenvalue weighted by molar-refractivity contribution is 0.533. The second-order valence-electron chi connectivity index (χ2n) is 8.17. The molecule has 2 unspecified atom stereocenters. The highest BCUT2D eigenvalue weighted by Gasteiger charge is 2.42. The number of aromatic nitrogens is 3. The van der Waals surface area contributed by atoms with Crippen LogP contribution in [-0.4, -0.2) is 41.1 Å². The normalized spacial score (nSPS) is 23.4. The first-order valence-corrected chi connectivity index (χ1v) is 9.85. The van der Waals surface area contributed by atoms with Crippen molar-refractivity contribution in [1.82, 2.24) is 15.0 Å². The standard InChI is InChI=1S/C21H24N6/c1-13-14(2)23-12-24-20(13)26-8-17-10-27(11-18(17)9-26)21-16(7-22)6-15-4-3-5-19(15)25-21/h6,12,17-18H,3-5,8-11H2,1-2H3. The van der Waals surface area contributed by atoms with Crippen LogP contribution >= 0.6 is 0 Å². The monoisotopic (exact) mass is 360 g/mol. The molecule has 1 aliphatic carbocycles. The molecule has 2 aromatic rings. The van der Waals surface area contributed by atoms with Crippen LogP contribution in [0, 0.1) is 37.0 Å². The molecule has 27 heavy (non-hydrogen) atoms. The summed E-state index contributed by atoms with van der Waals surface area (Å²) in [7, 11) is 0. The lowest BCUT2D eigenvalue weighted by Crippen LogP contribution is -2.30. The molecule has 2 atom stereocenters. The average Bonchev–Trinajstić information content (AvgIpc) is 3.36. The molecule has 6 nitrogen and oxygen atoms in total. The molecule has 5 rings (SSSR count). The molecule has 0 amide bonds. The van der Waals surface area contributed by atoms with Crippen molar-refractivity contribution in [2.24, 2.45) is 11.8 Å². The third-order valence-electron chi connectivity index (χ3n) is 6.55. The van der Waals surface area contributed by atoms with Crippen molar-refractivity contribution >= 4 is 11.6 Å². The summed E-state index contributed by atoms with van der Waals surface area (Å²) in [6, 6.07) is 4.47. The maximum atomic E-state index is 9.62. The summed E-state index contributed by atoms with van der Waals surface area (Å²) >= 11 is 0. The fourth-order valence-electron chi connectivity index (χ4n) is 4.97. The van der Waals surface area contributed by atoms with Crippen LogP contribution in [0.1, 0.15) is 34.5 Å². The Kier molecular flexibility index (Phi) is 3.78. The van der Waals surface area contributed by atoms with Crippen LogP contribution < -0.4 is 9.80 Å². The second-order valence-corrected chi connectivity index (χ2v) is 8.17. The SMILES string of the molecule is Cc1ncnc(N2CC3CN(c4nc5c(cc4C#N)CCC5)CC3C2)c1C. The third kappa shape index (κ3) is 2.64. The summed E-state index contributed by atoms with van der Waals surface area (Å²) in [6.45, 7) is 8.15. The fourth-order valence-corrected chi connectivity index (χ4v) is 4.97. The third-order valence-corrected chi connectivity index (χ3v) is 6.55. The number of nitrogens with zero attached hydrogens (tertiary/aromatic N) is 6. The van der Waals surface area contributed by atoms with Gasteiger partial charge in [-0.05, 0) is 44.7 Å². The minimum Gasteiger partial charge on any atom is -0.356 e. The molecular formula is C21H24N6. The zero-order valence-corrected chi connectivity index (χ0v) is 15.9. The number of hydrogen-bond acceptors (Lipinski definition) is 6. The Labute approximate surface area is 159 Å². The highest BCUT2D eigenvalue weighted by Crippen LogP contribution is 2.37. The van der Waals surface area contributed by atoms with E-state index in [0.29, 0.717) is 11.8 Å². The van der Waals surface area contributed by atoms with Gasteiger partial charge < -0.3 is 9.80 Å². The summed E-state index contributed by atoms with van der Waals surface area (Å²) in [5.41, 5.74) is 5.46. The molecule has 0 saturated carbocycles. The molecule has 3 aliphatic rings. The van der Waals surface area contributed by atoms with Gasteiger partial charge in [0.1, 0.15) is 24.0 Å². The van der Waals surface area contributed by atoms with Gasteiger partial charge in [0, 0.05) is 55.0 Å². The van der Waals surface area contributed by atoms with Gasteiger partial charge in [0.25, 0.3) is 0 Å². The molecule has 0 radical (unpaired) electrons. The molecule has 2 saturated heterocycles. The van der Waals surface area contributed by atoms with Gasteiger partial charge in [0.05, 0.1) is 5.56 Å². The number of pyridine rings is 1. The zero-order chi connectivity index (χ0) is 18.5. The number of fused-ring (bicyclic) bond motifs is 2. The Morgan fingerprint density at radius 3 is 2.41 bits per heavy atom. The quantitative estimate of drug-likeness (QED) is 0.819. The van der Waals surface area contributed by atoms with Crippen LogP contribution in [0.25, 0.3) is 0 Å². The van der Waals surface area contributed by atoms with Gasteiger partial charge >= 0.3 is 0 Å². The van der Waals surface area contributed by atoms with E-state index in [1.165, 1.54) is 16.8 Å². The predicted molar refractivity (Wildman–Crippen MR) is 104 cm³/mol. The first-order valence-electron chi connectivity index (χ1n) is 9.85. The Balaban J connectivity index is 1.36. The summed E-state index contributed by atoms with van der Waals surface area (Å²) in [4.78, 5) is 18.5. The molecule has 0 aromatic carbocycles. The molecule has 6 heteroatoms. The van der Waals surface area contributed by atoms with E-state index >= 15 is 0 Å². The molecule has 2 fully saturated rings. The van der Waals surface area contributed by atoms with Crippen molar-refractivity contribution < 1.29 is 0 Å². The van der Waals surface area contributed by atoms with Crippen LogP contribution in [0.4, 0.5) is 11.6 Å². The molecule has 2 aliphatic heterocycles. The van der Waals surface area contributed by atoms with E-state index < -0.39 is 0 Å². The minimum atomic E-state index is 0.598. The maximum Gasteiger partial charge on any atom is 0.146 e. The van der Waals surface area contributed by atoms with Crippen molar-refractivity contribution in [2.45, 2.75) is 33.1 Å². The van der Waals surface area contributed by atoms with Gasteiger partial charge in [-0.3, -0.25) is 0 Å². The molecule has 4 heterocycles. The number of hydrogen-bond donors (Lipinski definition) is 0. The van der Waals surface area contributed by atoms with Crippen LogP contribution in [0.15, 0.2) is 12.4 Å². The number of anilines is 2. The van der Waals surface area contributed by atoms with Gasteiger partial charge in [0.15, 0.2) is 0 Å². The van der Waals surface area contributed by atoms with Gasteiger partial charge in [-0.25, -0.2) is 15.0 Å². The van der Waals surface area contributed by atoms with Crippen LogP contribution in [-0.2, 0) is 12.8 Å². The Bertz CT molecular complexity index is 932. The van der Waals surface area contributed by atoms with E-state index in [9.17, 15) is 5.26 Å². The van der Waals surface area contributed by atoms with E-state index in [-0.39, 0.29) is 0 Å². The number of aryl methyl sites for hydroxylation is 3. The van der Waals surface area contributed by atoms with E-state index in [4.69, 9.17) is 4.98 Å². The van der Waals surface area contributed by atoms with Crippen molar-refractivity contribution in [3.63, 3.8) is 0 Å². The summed E-state index contributed by atoms with van der Waals surface area (Å²) < 4.78 is 0. The second kappa shape index (κ2) is 6.19. The molecule has 0 spiro atoms. The van der Waals surface area contributed by atoms with Crippen molar-refractivity contribution in [2.75, 3.05) is 36.0 Å². The average molecular weight is 360 g/mol. The minimum absolute atomic E-state index is 0.598. The first kappa shape index (κ1) is 16.5.